The minimum atomic E-state index is -0.0126. The van der Waals surface area contributed by atoms with Gasteiger partial charge < -0.3 is 5.32 Å². The number of benzene rings is 1. The maximum Gasteiger partial charge on any atom is 0.271 e. The molecule has 0 saturated carbocycles. The Hall–Kier alpha value is -1.46. The van der Waals surface area contributed by atoms with Gasteiger partial charge in [0.25, 0.3) is 5.91 Å². The predicted octanol–water partition coefficient (Wildman–Crippen LogP) is 2.65. The summed E-state index contributed by atoms with van der Waals surface area (Å²) in [6.07, 6.45) is 5.12. The summed E-state index contributed by atoms with van der Waals surface area (Å²) in [5, 5.41) is 4.17. The molecule has 4 nitrogen and oxygen atoms in total. The van der Waals surface area contributed by atoms with Gasteiger partial charge in [0.05, 0.1) is 10.7 Å². The molecular weight excluding hydrogens is 282 g/mol. The molecule has 0 radical (unpaired) electrons. The number of nitrogens with one attached hydrogen (secondary N) is 1. The minimum absolute atomic E-state index is 0.0126. The molecule has 1 aromatic heterocycles. The van der Waals surface area contributed by atoms with Crippen molar-refractivity contribution in [2.45, 2.75) is 37.8 Å². The average molecular weight is 301 g/mol. The predicted molar refractivity (Wildman–Crippen MR) is 84.7 cm³/mol. The molecule has 4 rings (SSSR count). The van der Waals surface area contributed by atoms with Crippen LogP contribution in [0.5, 0.6) is 0 Å². The molecule has 110 valence electrons. The maximum absolute atomic E-state index is 12.5. The van der Waals surface area contributed by atoms with Gasteiger partial charge in [-0.15, -0.1) is 0 Å². The topological polar surface area (TPSA) is 45.2 Å². The summed E-state index contributed by atoms with van der Waals surface area (Å²) < 4.78 is 5.42. The fourth-order valence-electron chi connectivity index (χ4n) is 3.54. The maximum atomic E-state index is 12.5. The number of aromatic nitrogens is 1. The van der Waals surface area contributed by atoms with E-state index >= 15 is 0 Å². The van der Waals surface area contributed by atoms with Gasteiger partial charge >= 0.3 is 0 Å². The molecule has 1 amide bonds. The second kappa shape index (κ2) is 5.39. The zero-order valence-electron chi connectivity index (χ0n) is 11.9. The summed E-state index contributed by atoms with van der Waals surface area (Å²) in [5.74, 6) is -0.0126. The van der Waals surface area contributed by atoms with Crippen LogP contribution in [0.15, 0.2) is 24.3 Å². The number of rotatable bonds is 2. The van der Waals surface area contributed by atoms with Crippen molar-refractivity contribution in [1.29, 1.82) is 0 Å². The van der Waals surface area contributed by atoms with Crippen molar-refractivity contribution < 1.29 is 4.79 Å². The molecule has 2 aliphatic heterocycles. The van der Waals surface area contributed by atoms with E-state index in [0.717, 1.165) is 16.6 Å². The van der Waals surface area contributed by atoms with Crippen LogP contribution in [0.2, 0.25) is 0 Å². The van der Waals surface area contributed by atoms with Crippen molar-refractivity contribution in [3.05, 3.63) is 30.0 Å². The van der Waals surface area contributed by atoms with Gasteiger partial charge in [0.15, 0.2) is 0 Å². The zero-order valence-corrected chi connectivity index (χ0v) is 12.7. The van der Waals surface area contributed by atoms with E-state index in [1.165, 1.54) is 43.8 Å². The number of hydrogen-bond donors (Lipinski definition) is 1. The SMILES string of the molecule is O=C(N[C@@H]1CN2CCCCCC12)c1nsc2ccccc12. The number of nitrogens with zero attached hydrogens (tertiary/aromatic N) is 2. The Morgan fingerprint density at radius 1 is 1.29 bits per heavy atom. The van der Waals surface area contributed by atoms with Crippen molar-refractivity contribution in [1.82, 2.24) is 14.6 Å². The molecule has 21 heavy (non-hydrogen) atoms. The van der Waals surface area contributed by atoms with E-state index in [4.69, 9.17) is 0 Å². The van der Waals surface area contributed by atoms with Gasteiger partial charge in [0.2, 0.25) is 0 Å². The van der Waals surface area contributed by atoms with E-state index in [2.05, 4.69) is 14.6 Å². The van der Waals surface area contributed by atoms with E-state index in [9.17, 15) is 4.79 Å². The molecule has 0 bridgehead atoms. The Bertz CT molecular complexity index is 668. The Labute approximate surface area is 128 Å². The average Bonchev–Trinajstić information content (AvgIpc) is 2.83. The number of amides is 1. The van der Waals surface area contributed by atoms with E-state index in [-0.39, 0.29) is 5.91 Å². The van der Waals surface area contributed by atoms with Gasteiger partial charge in [-0.05, 0) is 37.0 Å². The van der Waals surface area contributed by atoms with Crippen molar-refractivity contribution in [3.63, 3.8) is 0 Å². The van der Waals surface area contributed by atoms with Crippen LogP contribution in [0.4, 0.5) is 0 Å². The smallest absolute Gasteiger partial charge is 0.271 e. The van der Waals surface area contributed by atoms with E-state index in [1.54, 1.807) is 0 Å². The van der Waals surface area contributed by atoms with Gasteiger partial charge in [0.1, 0.15) is 5.69 Å². The lowest BCUT2D eigenvalue weighted by Crippen LogP contribution is -2.66. The highest BCUT2D eigenvalue weighted by molar-refractivity contribution is 7.13. The molecule has 3 heterocycles. The normalized spacial score (nSPS) is 25.9. The molecule has 2 aliphatic rings. The molecule has 2 aromatic rings. The zero-order chi connectivity index (χ0) is 14.2. The van der Waals surface area contributed by atoms with Crippen LogP contribution >= 0.6 is 11.5 Å². The highest BCUT2D eigenvalue weighted by Gasteiger charge is 2.40. The third-order valence-electron chi connectivity index (χ3n) is 4.72. The standard InChI is InChI=1S/C16H19N3OS/c20-16(15-11-6-3-4-8-14(11)21-18-15)17-12-10-19-9-5-1-2-7-13(12)19/h3-4,6,8,12-13H,1-2,5,7,9-10H2,(H,17,20)/t12-,13?/m1/s1. The second-order valence-corrected chi connectivity index (χ2v) is 6.82. The molecule has 2 saturated heterocycles. The van der Waals surface area contributed by atoms with Crippen LogP contribution in [-0.4, -0.2) is 40.4 Å². The number of carbonyl (C=O) groups is 1. The second-order valence-electron chi connectivity index (χ2n) is 6.02. The van der Waals surface area contributed by atoms with E-state index in [0.29, 0.717) is 17.8 Å². The lowest BCUT2D eigenvalue weighted by Gasteiger charge is -2.47. The molecule has 5 heteroatoms. The van der Waals surface area contributed by atoms with Crippen molar-refractivity contribution in [3.8, 4) is 0 Å². The van der Waals surface area contributed by atoms with Crippen LogP contribution in [0.3, 0.4) is 0 Å². The first kappa shape index (κ1) is 13.2. The monoisotopic (exact) mass is 301 g/mol. The minimum Gasteiger partial charge on any atom is -0.345 e. The molecule has 2 atom stereocenters. The van der Waals surface area contributed by atoms with Gasteiger partial charge in [0, 0.05) is 18.0 Å². The number of hydrogen-bond acceptors (Lipinski definition) is 4. The first-order chi connectivity index (χ1) is 10.3. The lowest BCUT2D eigenvalue weighted by atomic mass is 9.93. The quantitative estimate of drug-likeness (QED) is 0.927. The molecule has 1 aromatic carbocycles. The van der Waals surface area contributed by atoms with Gasteiger partial charge in [-0.3, -0.25) is 9.69 Å². The Balaban J connectivity index is 1.49. The number of fused-ring (bicyclic) bond motifs is 2. The largest absolute Gasteiger partial charge is 0.345 e. The van der Waals surface area contributed by atoms with Gasteiger partial charge in [-0.2, -0.15) is 4.37 Å². The van der Waals surface area contributed by atoms with E-state index in [1.807, 2.05) is 24.3 Å². The molecule has 1 unspecified atom stereocenters. The highest BCUT2D eigenvalue weighted by Crippen LogP contribution is 2.28. The van der Waals surface area contributed by atoms with Crippen molar-refractivity contribution in [2.24, 2.45) is 0 Å². The van der Waals surface area contributed by atoms with Crippen LogP contribution in [-0.2, 0) is 0 Å². The van der Waals surface area contributed by atoms with Gasteiger partial charge in [-0.1, -0.05) is 31.0 Å². The summed E-state index contributed by atoms with van der Waals surface area (Å²) in [6.45, 7) is 2.19. The molecule has 0 spiro atoms. The van der Waals surface area contributed by atoms with Crippen molar-refractivity contribution >= 4 is 27.5 Å². The third kappa shape index (κ3) is 2.34. The van der Waals surface area contributed by atoms with Crippen LogP contribution < -0.4 is 5.32 Å². The Morgan fingerprint density at radius 2 is 2.19 bits per heavy atom. The molecular formula is C16H19N3OS. The highest BCUT2D eigenvalue weighted by atomic mass is 32.1. The van der Waals surface area contributed by atoms with Gasteiger partial charge in [-0.25, -0.2) is 0 Å². The number of carbonyl (C=O) groups excluding carboxylic acids is 1. The molecule has 1 N–H and O–H groups in total. The first-order valence-corrected chi connectivity index (χ1v) is 8.49. The summed E-state index contributed by atoms with van der Waals surface area (Å²) in [7, 11) is 0. The molecule has 0 aliphatic carbocycles. The van der Waals surface area contributed by atoms with Crippen LogP contribution in [0.25, 0.3) is 10.1 Å². The Kier molecular flexibility index (Phi) is 3.39. The lowest BCUT2D eigenvalue weighted by molar-refractivity contribution is 0.0410. The first-order valence-electron chi connectivity index (χ1n) is 7.72. The summed E-state index contributed by atoms with van der Waals surface area (Å²) in [5.41, 5.74) is 0.586. The summed E-state index contributed by atoms with van der Waals surface area (Å²) in [4.78, 5) is 15.0. The van der Waals surface area contributed by atoms with Crippen LogP contribution in [0.1, 0.15) is 36.2 Å². The third-order valence-corrected chi connectivity index (χ3v) is 5.55. The fraction of sp³-hybridized carbons (Fsp3) is 0.500. The Morgan fingerprint density at radius 3 is 3.14 bits per heavy atom. The van der Waals surface area contributed by atoms with Crippen LogP contribution in [0, 0.1) is 0 Å². The van der Waals surface area contributed by atoms with Crippen molar-refractivity contribution in [2.75, 3.05) is 13.1 Å². The fourth-order valence-corrected chi connectivity index (χ4v) is 4.31. The molecule has 2 fully saturated rings. The summed E-state index contributed by atoms with van der Waals surface area (Å²) >= 11 is 1.40. The van der Waals surface area contributed by atoms with E-state index < -0.39 is 0 Å². The summed E-state index contributed by atoms with van der Waals surface area (Å²) in [6, 6.07) is 8.78.